The average Bonchev–Trinajstić information content (AvgIpc) is 2.81. The van der Waals surface area contributed by atoms with E-state index < -0.39 is 6.10 Å². The van der Waals surface area contributed by atoms with Crippen LogP contribution in [-0.4, -0.2) is 41.9 Å². The molecule has 1 heterocycles. The first-order valence-corrected chi connectivity index (χ1v) is 7.02. The molecule has 1 rings (SSSR count). The third kappa shape index (κ3) is 5.65. The van der Waals surface area contributed by atoms with Crippen LogP contribution in [0.2, 0.25) is 0 Å². The van der Waals surface area contributed by atoms with Gasteiger partial charge in [-0.3, -0.25) is 4.90 Å². The highest BCUT2D eigenvalue weighted by molar-refractivity contribution is 7.07. The lowest BCUT2D eigenvalue weighted by Crippen LogP contribution is -2.38. The van der Waals surface area contributed by atoms with E-state index in [2.05, 4.69) is 41.5 Å². The van der Waals surface area contributed by atoms with Crippen LogP contribution < -0.4 is 0 Å². The molecular formula is C14H21NO2S. The van der Waals surface area contributed by atoms with Crippen LogP contribution in [-0.2, 0) is 11.3 Å². The Bertz CT molecular complexity index is 356. The molecule has 0 amide bonds. The molecule has 3 nitrogen and oxygen atoms in total. The third-order valence-electron chi connectivity index (χ3n) is 2.64. The Balaban J connectivity index is 2.40. The Labute approximate surface area is 113 Å². The van der Waals surface area contributed by atoms with Gasteiger partial charge in [0.25, 0.3) is 0 Å². The van der Waals surface area contributed by atoms with Gasteiger partial charge in [0.05, 0.1) is 12.7 Å². The first-order chi connectivity index (χ1) is 8.63. The molecule has 0 radical (unpaired) electrons. The van der Waals surface area contributed by atoms with E-state index in [-0.39, 0.29) is 13.2 Å². The minimum atomic E-state index is -0.501. The van der Waals surface area contributed by atoms with Crippen molar-refractivity contribution >= 4 is 11.3 Å². The van der Waals surface area contributed by atoms with E-state index >= 15 is 0 Å². The van der Waals surface area contributed by atoms with E-state index in [0.29, 0.717) is 12.6 Å². The lowest BCUT2D eigenvalue weighted by molar-refractivity contribution is 0.0192. The molecule has 1 atom stereocenters. The number of hydrogen-bond donors (Lipinski definition) is 1. The maximum atomic E-state index is 9.89. The number of nitrogens with zero attached hydrogens (tertiary/aromatic N) is 1. The van der Waals surface area contributed by atoms with E-state index in [1.54, 1.807) is 11.3 Å². The summed E-state index contributed by atoms with van der Waals surface area (Å²) in [5.41, 5.74) is 1.28. The number of aliphatic hydroxyl groups excluding tert-OH is 1. The average molecular weight is 267 g/mol. The number of ether oxygens (including phenoxy) is 1. The van der Waals surface area contributed by atoms with Crippen molar-refractivity contribution in [2.24, 2.45) is 0 Å². The predicted molar refractivity (Wildman–Crippen MR) is 75.5 cm³/mol. The van der Waals surface area contributed by atoms with Gasteiger partial charge in [0, 0.05) is 19.1 Å². The summed E-state index contributed by atoms with van der Waals surface area (Å²) in [5, 5.41) is 14.1. The fraction of sp³-hybridized carbons (Fsp3) is 0.571. The molecule has 1 N–H and O–H groups in total. The van der Waals surface area contributed by atoms with Gasteiger partial charge in [0.15, 0.2) is 0 Å². The van der Waals surface area contributed by atoms with E-state index in [0.717, 1.165) is 6.54 Å². The maximum Gasteiger partial charge on any atom is 0.107 e. The van der Waals surface area contributed by atoms with Gasteiger partial charge in [-0.1, -0.05) is 5.92 Å². The van der Waals surface area contributed by atoms with Crippen molar-refractivity contribution in [2.45, 2.75) is 32.5 Å². The molecule has 18 heavy (non-hydrogen) atoms. The first-order valence-electron chi connectivity index (χ1n) is 6.08. The quantitative estimate of drug-likeness (QED) is 0.577. The fourth-order valence-corrected chi connectivity index (χ4v) is 2.31. The zero-order chi connectivity index (χ0) is 13.4. The molecule has 0 saturated carbocycles. The molecule has 4 heteroatoms. The molecule has 1 aromatic rings. The molecule has 0 fully saturated rings. The number of hydrogen-bond acceptors (Lipinski definition) is 4. The van der Waals surface area contributed by atoms with Gasteiger partial charge in [0.2, 0.25) is 0 Å². The molecule has 0 aliphatic rings. The number of aliphatic hydroxyl groups is 1. The number of thiophene rings is 1. The van der Waals surface area contributed by atoms with Crippen LogP contribution in [0.5, 0.6) is 0 Å². The Hall–Kier alpha value is -0.860. The summed E-state index contributed by atoms with van der Waals surface area (Å²) in [4.78, 5) is 2.23. The molecule has 100 valence electrons. The first kappa shape index (κ1) is 15.2. The maximum absolute atomic E-state index is 9.89. The lowest BCUT2D eigenvalue weighted by atomic mass is 10.2. The van der Waals surface area contributed by atoms with Crippen LogP contribution in [0, 0.1) is 12.3 Å². The van der Waals surface area contributed by atoms with Gasteiger partial charge in [-0.05, 0) is 36.2 Å². The molecule has 0 bridgehead atoms. The molecule has 0 saturated heterocycles. The Morgan fingerprint density at radius 3 is 2.89 bits per heavy atom. The summed E-state index contributed by atoms with van der Waals surface area (Å²) < 4.78 is 5.15. The zero-order valence-electron chi connectivity index (χ0n) is 11.0. The third-order valence-corrected chi connectivity index (χ3v) is 3.37. The minimum absolute atomic E-state index is 0.253. The van der Waals surface area contributed by atoms with Gasteiger partial charge in [-0.15, -0.1) is 6.42 Å². The van der Waals surface area contributed by atoms with Crippen LogP contribution in [0.4, 0.5) is 0 Å². The molecule has 1 aromatic heterocycles. The second kappa shape index (κ2) is 8.28. The van der Waals surface area contributed by atoms with E-state index in [4.69, 9.17) is 11.2 Å². The molecule has 0 aromatic carbocycles. The monoisotopic (exact) mass is 267 g/mol. The molecule has 0 aliphatic carbocycles. The van der Waals surface area contributed by atoms with Crippen LogP contribution in [0.15, 0.2) is 16.8 Å². The summed E-state index contributed by atoms with van der Waals surface area (Å²) in [7, 11) is 0. The summed E-state index contributed by atoms with van der Waals surface area (Å²) >= 11 is 1.69. The van der Waals surface area contributed by atoms with E-state index in [9.17, 15) is 5.11 Å². The van der Waals surface area contributed by atoms with E-state index in [1.165, 1.54) is 5.56 Å². The Morgan fingerprint density at radius 1 is 1.56 bits per heavy atom. The molecular weight excluding hydrogens is 246 g/mol. The van der Waals surface area contributed by atoms with Crippen molar-refractivity contribution in [1.82, 2.24) is 4.90 Å². The number of rotatable bonds is 8. The summed E-state index contributed by atoms with van der Waals surface area (Å²) in [6, 6.07) is 2.49. The minimum Gasteiger partial charge on any atom is -0.389 e. The van der Waals surface area contributed by atoms with Crippen molar-refractivity contribution in [3.63, 3.8) is 0 Å². The second-order valence-electron chi connectivity index (χ2n) is 4.53. The Kier molecular flexibility index (Phi) is 6.99. The SMILES string of the molecule is C#CCOCC(O)CN(Cc1ccsc1)C(C)C. The van der Waals surface area contributed by atoms with Crippen LogP contribution >= 0.6 is 11.3 Å². The highest BCUT2D eigenvalue weighted by Crippen LogP contribution is 2.12. The van der Waals surface area contributed by atoms with E-state index in [1.807, 2.05) is 0 Å². The van der Waals surface area contributed by atoms with Gasteiger partial charge >= 0.3 is 0 Å². The predicted octanol–water partition coefficient (Wildman–Crippen LogP) is 1.97. The molecule has 0 spiro atoms. The van der Waals surface area contributed by atoms with Crippen molar-refractivity contribution in [1.29, 1.82) is 0 Å². The zero-order valence-corrected chi connectivity index (χ0v) is 11.8. The van der Waals surface area contributed by atoms with Gasteiger partial charge in [0.1, 0.15) is 6.61 Å². The van der Waals surface area contributed by atoms with Crippen molar-refractivity contribution in [3.8, 4) is 12.3 Å². The topological polar surface area (TPSA) is 32.7 Å². The fourth-order valence-electron chi connectivity index (χ4n) is 1.65. The van der Waals surface area contributed by atoms with Crippen LogP contribution in [0.25, 0.3) is 0 Å². The highest BCUT2D eigenvalue weighted by Gasteiger charge is 2.15. The summed E-state index contributed by atoms with van der Waals surface area (Å²) in [6.45, 7) is 6.24. The summed E-state index contributed by atoms with van der Waals surface area (Å²) in [6.07, 6.45) is 4.59. The highest BCUT2D eigenvalue weighted by atomic mass is 32.1. The number of terminal acetylenes is 1. The van der Waals surface area contributed by atoms with Crippen molar-refractivity contribution in [3.05, 3.63) is 22.4 Å². The second-order valence-corrected chi connectivity index (χ2v) is 5.31. The lowest BCUT2D eigenvalue weighted by Gasteiger charge is -2.28. The van der Waals surface area contributed by atoms with Crippen LogP contribution in [0.3, 0.4) is 0 Å². The van der Waals surface area contributed by atoms with Gasteiger partial charge in [-0.25, -0.2) is 0 Å². The summed E-state index contributed by atoms with van der Waals surface area (Å²) in [5.74, 6) is 2.39. The van der Waals surface area contributed by atoms with Crippen LogP contribution in [0.1, 0.15) is 19.4 Å². The standard InChI is InChI=1S/C14H21NO2S/c1-4-6-17-10-14(16)9-15(12(2)3)8-13-5-7-18-11-13/h1,5,7,11-12,14,16H,6,8-10H2,2-3H3. The molecule has 1 unspecified atom stereocenters. The van der Waals surface area contributed by atoms with Gasteiger partial charge in [-0.2, -0.15) is 11.3 Å². The van der Waals surface area contributed by atoms with Gasteiger partial charge < -0.3 is 9.84 Å². The van der Waals surface area contributed by atoms with Crippen molar-refractivity contribution in [2.75, 3.05) is 19.8 Å². The normalized spacial score (nSPS) is 12.9. The smallest absolute Gasteiger partial charge is 0.107 e. The molecule has 0 aliphatic heterocycles. The largest absolute Gasteiger partial charge is 0.389 e. The van der Waals surface area contributed by atoms with Crippen molar-refractivity contribution < 1.29 is 9.84 Å². The Morgan fingerprint density at radius 2 is 2.33 bits per heavy atom.